The summed E-state index contributed by atoms with van der Waals surface area (Å²) in [6.45, 7) is 24.5. The van der Waals surface area contributed by atoms with E-state index in [2.05, 4.69) is 109 Å². The van der Waals surface area contributed by atoms with Crippen LogP contribution in [0, 0.1) is 106 Å². The van der Waals surface area contributed by atoms with Gasteiger partial charge in [0.15, 0.2) is 0 Å². The van der Waals surface area contributed by atoms with Crippen LogP contribution in [-0.4, -0.2) is 23.4 Å². The summed E-state index contributed by atoms with van der Waals surface area (Å²) in [6, 6.07) is 21.1. The Labute approximate surface area is 343 Å². The van der Waals surface area contributed by atoms with Crippen LogP contribution in [0.2, 0.25) is 0 Å². The minimum Gasteiger partial charge on any atom is -0.870 e. The molecule has 4 aromatic carbocycles. The minimum atomic E-state index is 0. The van der Waals surface area contributed by atoms with Crippen LogP contribution in [0.1, 0.15) is 66.8 Å². The molecule has 0 spiro atoms. The second kappa shape index (κ2) is 23.8. The molecular formula is C44H50Cu2N6O2. The van der Waals surface area contributed by atoms with Crippen LogP contribution >= 0.6 is 0 Å². The quantitative estimate of drug-likeness (QED) is 0.0983. The van der Waals surface area contributed by atoms with E-state index in [-0.39, 0.29) is 45.1 Å². The molecule has 0 fully saturated rings. The van der Waals surface area contributed by atoms with Crippen LogP contribution in [0.4, 0.5) is 22.7 Å². The Morgan fingerprint density at radius 3 is 0.889 bits per heavy atom. The zero-order valence-corrected chi connectivity index (χ0v) is 35.0. The molecule has 4 aromatic rings. The molecule has 290 valence electrons. The fourth-order valence-electron chi connectivity index (χ4n) is 6.22. The first-order valence-electron chi connectivity index (χ1n) is 16.6. The van der Waals surface area contributed by atoms with E-state index in [4.69, 9.17) is 0 Å². The summed E-state index contributed by atoms with van der Waals surface area (Å²) in [7, 11) is 0. The van der Waals surface area contributed by atoms with E-state index in [1.165, 1.54) is 22.3 Å². The number of allylic oxidation sites excluding steroid dienone is 2. The van der Waals surface area contributed by atoms with E-state index in [1.54, 1.807) is 24.8 Å². The molecule has 0 amide bonds. The van der Waals surface area contributed by atoms with Gasteiger partial charge >= 0.3 is 34.1 Å². The largest absolute Gasteiger partial charge is 2.00 e. The molecule has 0 aliphatic heterocycles. The smallest absolute Gasteiger partial charge is 0.870 e. The second-order valence-electron chi connectivity index (χ2n) is 13.2. The van der Waals surface area contributed by atoms with Crippen LogP contribution < -0.4 is 0 Å². The Bertz CT molecular complexity index is 1880. The van der Waals surface area contributed by atoms with Gasteiger partial charge in [0.05, 0.1) is 23.5 Å². The third-order valence-corrected chi connectivity index (χ3v) is 8.13. The van der Waals surface area contributed by atoms with Crippen LogP contribution in [0.5, 0.6) is 0 Å². The van der Waals surface area contributed by atoms with Gasteiger partial charge in [-0.2, -0.15) is 22.9 Å². The van der Waals surface area contributed by atoms with Crippen molar-refractivity contribution < 1.29 is 45.1 Å². The van der Waals surface area contributed by atoms with E-state index in [1.807, 2.05) is 55.4 Å². The summed E-state index contributed by atoms with van der Waals surface area (Å²) in [6.07, 6.45) is 6.36. The third-order valence-electron chi connectivity index (χ3n) is 8.13. The molecule has 2 radical (unpaired) electrons. The number of aryl methyl sites for hydroxylation is 12. The monoisotopic (exact) mass is 820 g/mol. The number of nitriles is 2. The summed E-state index contributed by atoms with van der Waals surface area (Å²) >= 11 is 0. The van der Waals surface area contributed by atoms with E-state index in [9.17, 15) is 10.5 Å². The fourth-order valence-corrected chi connectivity index (χ4v) is 6.22. The summed E-state index contributed by atoms with van der Waals surface area (Å²) in [5.74, 6) is 0. The number of aliphatic imine (C=N–C) groups is 2. The number of nitrogens with zero attached hydrogens (tertiary/aromatic N) is 6. The first-order chi connectivity index (χ1) is 23.6. The molecular weight excluding hydrogens is 772 g/mol. The van der Waals surface area contributed by atoms with Crippen molar-refractivity contribution >= 4 is 35.2 Å². The van der Waals surface area contributed by atoms with E-state index in [0.717, 1.165) is 67.3 Å². The van der Waals surface area contributed by atoms with Gasteiger partial charge in [-0.15, -0.1) is 11.4 Å². The summed E-state index contributed by atoms with van der Waals surface area (Å²) in [5.41, 5.74) is 18.2. The molecule has 4 rings (SSSR count). The Hall–Kier alpha value is -4.76. The summed E-state index contributed by atoms with van der Waals surface area (Å²) < 4.78 is 0. The fraction of sp³-hybridized carbons (Fsp3) is 0.273. The Balaban J connectivity index is 0. The molecule has 0 atom stereocenters. The van der Waals surface area contributed by atoms with Crippen molar-refractivity contribution in [1.29, 1.82) is 10.5 Å². The molecule has 0 bridgehead atoms. The van der Waals surface area contributed by atoms with Crippen molar-refractivity contribution in [2.45, 2.75) is 83.1 Å². The average molecular weight is 822 g/mol. The van der Waals surface area contributed by atoms with Crippen molar-refractivity contribution in [3.63, 3.8) is 0 Å². The minimum absolute atomic E-state index is 0. The molecule has 0 aromatic heterocycles. The van der Waals surface area contributed by atoms with Gasteiger partial charge in [0.1, 0.15) is 0 Å². The van der Waals surface area contributed by atoms with Gasteiger partial charge in [-0.1, -0.05) is 93.0 Å². The summed E-state index contributed by atoms with van der Waals surface area (Å²) in [4.78, 5) is 9.03. The number of hydrogen-bond donors (Lipinski definition) is 0. The van der Waals surface area contributed by atoms with E-state index in [0.29, 0.717) is 11.1 Å². The number of rotatable bonds is 8. The molecule has 0 saturated heterocycles. The van der Waals surface area contributed by atoms with Gasteiger partial charge in [0.25, 0.3) is 0 Å². The van der Waals surface area contributed by atoms with Crippen molar-refractivity contribution in [3.8, 4) is 12.1 Å². The number of benzene rings is 4. The van der Waals surface area contributed by atoms with Crippen molar-refractivity contribution in [2.24, 2.45) is 9.98 Å². The SMILES string of the molecule is Cc1cc(C)c(N=C/C(C#N)=C\[N-]c2c(C)cc(C)cc2C)c(C)c1.Cc1cc(C)c(N=C/C(C#N)=C\[N-]c2c(C)cc(C)cc2C)c(C)c1.[Cu+2].[Cu+2].[OH-].[OH-]. The summed E-state index contributed by atoms with van der Waals surface area (Å²) in [5, 5.41) is 27.8. The first-order valence-corrected chi connectivity index (χ1v) is 16.6. The predicted octanol–water partition coefficient (Wildman–Crippen LogP) is 12.3. The van der Waals surface area contributed by atoms with Gasteiger partial charge in [-0.3, -0.25) is 9.98 Å². The molecule has 0 heterocycles. The van der Waals surface area contributed by atoms with E-state index < -0.39 is 0 Å². The second-order valence-corrected chi connectivity index (χ2v) is 13.2. The van der Waals surface area contributed by atoms with Gasteiger partial charge in [-0.25, -0.2) is 0 Å². The van der Waals surface area contributed by atoms with Crippen LogP contribution in [0.25, 0.3) is 10.6 Å². The van der Waals surface area contributed by atoms with Crippen molar-refractivity contribution in [2.75, 3.05) is 0 Å². The standard InChI is InChI=1S/2C22H24N3.2Cu.2H2O/c2*1-14-7-16(3)21(17(4)8-14)24-12-20(11-23)13-25-22-18(5)9-15(2)10-19(22)6;;;;/h2*7-10,12-13H,1-6H3;;;2*1H2/q2*-1;2*+2;;/p-2/b2*20-12-,25-13?;;;;. The maximum absolute atomic E-state index is 9.38. The Kier molecular flexibility index (Phi) is 22.6. The topological polar surface area (TPSA) is 160 Å². The molecule has 10 heteroatoms. The molecule has 2 N–H and O–H groups in total. The zero-order valence-electron chi connectivity index (χ0n) is 33.1. The van der Waals surface area contributed by atoms with Gasteiger partial charge in [0, 0.05) is 23.6 Å². The molecule has 0 saturated carbocycles. The normalized spacial score (nSPS) is 10.8. The maximum Gasteiger partial charge on any atom is 2.00 e. The molecule has 0 unspecified atom stereocenters. The first kappa shape index (κ1) is 51.3. The zero-order chi connectivity index (χ0) is 37.1. The van der Waals surface area contributed by atoms with Gasteiger partial charge < -0.3 is 21.6 Å². The Morgan fingerprint density at radius 1 is 0.444 bits per heavy atom. The predicted molar refractivity (Wildman–Crippen MR) is 216 cm³/mol. The van der Waals surface area contributed by atoms with Gasteiger partial charge in [-0.05, 0) is 105 Å². The third kappa shape index (κ3) is 14.6. The van der Waals surface area contributed by atoms with Crippen LogP contribution in [0.3, 0.4) is 0 Å². The van der Waals surface area contributed by atoms with Crippen LogP contribution in [0.15, 0.2) is 82.1 Å². The Morgan fingerprint density at radius 2 is 0.667 bits per heavy atom. The van der Waals surface area contributed by atoms with Crippen molar-refractivity contribution in [1.82, 2.24) is 0 Å². The molecule has 8 nitrogen and oxygen atoms in total. The molecule has 0 aliphatic carbocycles. The van der Waals surface area contributed by atoms with Crippen molar-refractivity contribution in [3.05, 3.63) is 149 Å². The molecule has 54 heavy (non-hydrogen) atoms. The van der Waals surface area contributed by atoms with Gasteiger partial charge in [0.2, 0.25) is 0 Å². The van der Waals surface area contributed by atoms with E-state index >= 15 is 0 Å². The number of hydrogen-bond acceptors (Lipinski definition) is 6. The van der Waals surface area contributed by atoms with Crippen LogP contribution in [-0.2, 0) is 34.1 Å². The average Bonchev–Trinajstić information content (AvgIpc) is 3.01. The molecule has 0 aliphatic rings. The maximum atomic E-state index is 9.38.